The van der Waals surface area contributed by atoms with Gasteiger partial charge in [0.05, 0.1) is 18.8 Å². The van der Waals surface area contributed by atoms with E-state index < -0.39 is 95.9 Å². The summed E-state index contributed by atoms with van der Waals surface area (Å²) in [6.45, 7) is 3.94. The number of aromatic hydroxyl groups is 1. The third kappa shape index (κ3) is 15.4. The van der Waals surface area contributed by atoms with Gasteiger partial charge in [-0.15, -0.1) is 0 Å². The number of unbranched alkanes of at least 4 members (excludes halogenated alkanes) is 2. The van der Waals surface area contributed by atoms with Gasteiger partial charge < -0.3 is 67.9 Å². The first kappa shape index (κ1) is 58.3. The number of carbonyl (C=O) groups is 7. The van der Waals surface area contributed by atoms with Crippen LogP contribution in [0.25, 0.3) is 22.3 Å². The minimum atomic E-state index is -1.66. The van der Waals surface area contributed by atoms with E-state index in [-0.39, 0.29) is 82.4 Å². The molecule has 3 aliphatic heterocycles. The van der Waals surface area contributed by atoms with Crippen molar-refractivity contribution in [2.45, 2.75) is 139 Å². The topological polar surface area (TPSA) is 308 Å². The molecule has 0 aliphatic carbocycles. The van der Waals surface area contributed by atoms with Gasteiger partial charge >= 0.3 is 0 Å². The Balaban J connectivity index is 1.11. The third-order valence-electron chi connectivity index (χ3n) is 14.6. The van der Waals surface area contributed by atoms with Crippen molar-refractivity contribution in [3.05, 3.63) is 108 Å². The van der Waals surface area contributed by atoms with Gasteiger partial charge in [0.15, 0.2) is 0 Å². The lowest BCUT2D eigenvalue weighted by Crippen LogP contribution is -2.61. The molecule has 0 aromatic heterocycles. The van der Waals surface area contributed by atoms with Crippen LogP contribution in [-0.4, -0.2) is 154 Å². The molecule has 3 heterocycles. The fourth-order valence-electron chi connectivity index (χ4n) is 10.2. The van der Waals surface area contributed by atoms with Gasteiger partial charge in [0.2, 0.25) is 35.4 Å². The average molecular weight is 1070 g/mol. The third-order valence-corrected chi connectivity index (χ3v) is 14.6. The Hall–Kier alpha value is -7.39. The molecule has 0 unspecified atom stereocenters. The summed E-state index contributed by atoms with van der Waals surface area (Å²) in [7, 11) is 0. The van der Waals surface area contributed by atoms with Crippen molar-refractivity contribution >= 4 is 41.4 Å². The van der Waals surface area contributed by atoms with Gasteiger partial charge in [-0.2, -0.15) is 0 Å². The van der Waals surface area contributed by atoms with E-state index in [2.05, 4.69) is 33.5 Å². The highest BCUT2D eigenvalue weighted by molar-refractivity contribution is 6.00. The van der Waals surface area contributed by atoms with E-state index in [0.717, 1.165) is 52.2 Å². The fourth-order valence-corrected chi connectivity index (χ4v) is 10.2. The van der Waals surface area contributed by atoms with Crippen LogP contribution in [0.15, 0.2) is 97.1 Å². The molecule has 20 heteroatoms. The van der Waals surface area contributed by atoms with Crippen molar-refractivity contribution in [1.29, 1.82) is 0 Å². The molecular formula is C58H75N9O11. The Morgan fingerprint density at radius 1 is 0.718 bits per heavy atom. The quantitative estimate of drug-likeness (QED) is 0.0723. The van der Waals surface area contributed by atoms with Crippen molar-refractivity contribution in [3.63, 3.8) is 0 Å². The Kier molecular flexibility index (Phi) is 20.8. The first-order valence-corrected chi connectivity index (χ1v) is 27.2. The molecule has 0 bridgehead atoms. The van der Waals surface area contributed by atoms with Crippen molar-refractivity contribution in [1.82, 2.24) is 36.4 Å². The lowest BCUT2D eigenvalue weighted by Gasteiger charge is -2.32. The maximum absolute atomic E-state index is 14.4. The summed E-state index contributed by atoms with van der Waals surface area (Å²) in [6, 6.07) is 20.6. The lowest BCUT2D eigenvalue weighted by atomic mass is 9.99. The SMILES string of the molecule is CCCCCOc1ccc(-c2ccc(-c3ccc(C(=O)N[C@@H]4CCCNC(=O)[C@@H]5C[C@H](N)CN5C(=O)[C@H](CCCN)NC(=O)[C@@H](CCc5ccc(O)cc5)NC(=O)[C@@H]5C[C@@H](O)CN5C(=O)[C@H]([C@@H](C)O)NC4=O)cc3)cc2)cc1. The molecule has 0 spiro atoms. The molecule has 3 aliphatic rings. The summed E-state index contributed by atoms with van der Waals surface area (Å²) in [5.74, 6) is -4.19. The van der Waals surface area contributed by atoms with Crippen LogP contribution in [0, 0.1) is 0 Å². The number of nitrogens with two attached hydrogens (primary N) is 2. The fraction of sp³-hybridized carbons (Fsp3) is 0.466. The van der Waals surface area contributed by atoms with Gasteiger partial charge in [-0.05, 0) is 129 Å². The summed E-state index contributed by atoms with van der Waals surface area (Å²) in [6.07, 6.45) is 1.10. The summed E-state index contributed by atoms with van der Waals surface area (Å²) in [5.41, 5.74) is 16.9. The average Bonchev–Trinajstić information content (AvgIpc) is 4.09. The molecule has 9 atom stereocenters. The number of aryl methyl sites for hydroxylation is 1. The Bertz CT molecular complexity index is 2690. The summed E-state index contributed by atoms with van der Waals surface area (Å²) >= 11 is 0. The summed E-state index contributed by atoms with van der Waals surface area (Å²) in [4.78, 5) is 102. The number of carbonyl (C=O) groups excluding carboxylic acids is 7. The van der Waals surface area contributed by atoms with Gasteiger partial charge in [-0.1, -0.05) is 80.4 Å². The van der Waals surface area contributed by atoms with Crippen LogP contribution in [0.4, 0.5) is 0 Å². The highest BCUT2D eigenvalue weighted by atomic mass is 16.5. The molecule has 0 radical (unpaired) electrons. The molecule has 3 saturated heterocycles. The van der Waals surface area contributed by atoms with Crippen LogP contribution in [0.5, 0.6) is 11.5 Å². The maximum Gasteiger partial charge on any atom is 0.251 e. The second kappa shape index (κ2) is 27.8. The number of phenols is 1. The van der Waals surface area contributed by atoms with Gasteiger partial charge in [0.25, 0.3) is 5.91 Å². The number of aliphatic hydroxyl groups is 2. The van der Waals surface area contributed by atoms with Crippen molar-refractivity contribution in [3.8, 4) is 33.8 Å². The number of phenolic OH excluding ortho intramolecular Hbond substituents is 1. The van der Waals surface area contributed by atoms with Crippen molar-refractivity contribution < 1.29 is 53.6 Å². The van der Waals surface area contributed by atoms with E-state index in [9.17, 15) is 48.9 Å². The van der Waals surface area contributed by atoms with E-state index in [1.54, 1.807) is 36.4 Å². The van der Waals surface area contributed by atoms with Gasteiger partial charge in [-0.25, -0.2) is 0 Å². The number of rotatable bonds is 16. The first-order chi connectivity index (χ1) is 37.5. The van der Waals surface area contributed by atoms with E-state index in [1.807, 2.05) is 48.5 Å². The molecule has 418 valence electrons. The van der Waals surface area contributed by atoms with Crippen LogP contribution in [0.2, 0.25) is 0 Å². The molecule has 78 heavy (non-hydrogen) atoms. The van der Waals surface area contributed by atoms with Crippen LogP contribution < -0.4 is 42.8 Å². The molecule has 0 saturated carbocycles. The second-order valence-electron chi connectivity index (χ2n) is 20.6. The zero-order valence-electron chi connectivity index (χ0n) is 44.4. The zero-order valence-corrected chi connectivity index (χ0v) is 44.4. The van der Waals surface area contributed by atoms with Gasteiger partial charge in [0.1, 0.15) is 47.8 Å². The lowest BCUT2D eigenvalue weighted by molar-refractivity contribution is -0.145. The molecular weight excluding hydrogens is 999 g/mol. The van der Waals surface area contributed by atoms with E-state index >= 15 is 0 Å². The largest absolute Gasteiger partial charge is 0.508 e. The van der Waals surface area contributed by atoms with Gasteiger partial charge in [-0.3, -0.25) is 33.6 Å². The van der Waals surface area contributed by atoms with Crippen molar-refractivity contribution in [2.24, 2.45) is 11.5 Å². The minimum absolute atomic E-state index is 0.00543. The summed E-state index contributed by atoms with van der Waals surface area (Å²) < 4.78 is 5.87. The Morgan fingerprint density at radius 3 is 1.95 bits per heavy atom. The first-order valence-electron chi connectivity index (χ1n) is 27.2. The standard InChI is InChI=1S/C58H75N9O11/c1-3-4-5-30-78-45-25-21-40(22-26-45)38-15-13-37(14-16-38)39-17-19-41(20-18-39)52(71)62-46-9-7-29-61-55(74)49-31-42(60)33-66(49)57(76)48(8-6-28-59)64-53(72)47(27-12-36-10-23-43(69)24-11-36)63-56(75)50-32-44(70)34-67(50)58(77)51(35(2)68)65-54(46)73/h10-11,13-26,35,42,44,46-51,68-70H,3-9,12,27-34,59-60H2,1-2H3,(H,61,74)(H,62,71)(H,63,75)(H,64,72)(H,65,73)/t35-,42+,44-,46-,47-,48+,49+,50+,51+/m1/s1. The number of nitrogens with one attached hydrogen (secondary N) is 5. The predicted molar refractivity (Wildman–Crippen MR) is 292 cm³/mol. The number of hydrogen-bond donors (Lipinski definition) is 10. The number of amides is 7. The Morgan fingerprint density at radius 2 is 1.32 bits per heavy atom. The second-order valence-corrected chi connectivity index (χ2v) is 20.6. The monoisotopic (exact) mass is 1070 g/mol. The molecule has 4 aromatic carbocycles. The molecule has 12 N–H and O–H groups in total. The normalized spacial score (nSPS) is 24.2. The van der Waals surface area contributed by atoms with Crippen LogP contribution >= 0.6 is 0 Å². The molecule has 7 rings (SSSR count). The van der Waals surface area contributed by atoms with Gasteiger partial charge in [0, 0.05) is 37.7 Å². The van der Waals surface area contributed by atoms with E-state index in [0.29, 0.717) is 18.6 Å². The number of hydrogen-bond acceptors (Lipinski definition) is 13. The van der Waals surface area contributed by atoms with Crippen molar-refractivity contribution in [2.75, 3.05) is 32.8 Å². The van der Waals surface area contributed by atoms with Crippen LogP contribution in [0.3, 0.4) is 0 Å². The minimum Gasteiger partial charge on any atom is -0.508 e. The Labute approximate surface area is 455 Å². The molecule has 20 nitrogen and oxygen atoms in total. The molecule has 3 fully saturated rings. The molecule has 7 amide bonds. The number of benzene rings is 4. The number of nitrogens with zero attached hydrogens (tertiary/aromatic N) is 2. The highest BCUT2D eigenvalue weighted by Gasteiger charge is 2.45. The number of fused-ring (bicyclic) bond motifs is 2. The smallest absolute Gasteiger partial charge is 0.251 e. The highest BCUT2D eigenvalue weighted by Crippen LogP contribution is 2.28. The predicted octanol–water partition coefficient (Wildman–Crippen LogP) is 2.40. The number of ether oxygens (including phenoxy) is 1. The van der Waals surface area contributed by atoms with E-state index in [4.69, 9.17) is 16.2 Å². The van der Waals surface area contributed by atoms with Crippen LogP contribution in [0.1, 0.15) is 94.0 Å². The maximum atomic E-state index is 14.4. The zero-order chi connectivity index (χ0) is 55.9. The number of aliphatic hydroxyl groups excluding tert-OH is 2. The van der Waals surface area contributed by atoms with E-state index in [1.165, 1.54) is 24.0 Å². The van der Waals surface area contributed by atoms with Crippen LogP contribution in [-0.2, 0) is 35.2 Å². The molecule has 4 aromatic rings. The summed E-state index contributed by atoms with van der Waals surface area (Å²) in [5, 5.41) is 45.6.